The van der Waals surface area contributed by atoms with Crippen molar-refractivity contribution in [1.82, 2.24) is 10.2 Å². The molecule has 7 nitrogen and oxygen atoms in total. The number of ketones is 1. The fourth-order valence-electron chi connectivity index (χ4n) is 3.62. The van der Waals surface area contributed by atoms with E-state index in [1.807, 2.05) is 24.3 Å². The Bertz CT molecular complexity index is 757. The Kier molecular flexibility index (Phi) is 5.13. The summed E-state index contributed by atoms with van der Waals surface area (Å²) in [6, 6.07) is 7.53. The van der Waals surface area contributed by atoms with Crippen molar-refractivity contribution >= 4 is 39.5 Å². The molecule has 1 unspecified atom stereocenters. The van der Waals surface area contributed by atoms with Gasteiger partial charge in [-0.15, -0.1) is 0 Å². The van der Waals surface area contributed by atoms with E-state index in [4.69, 9.17) is 5.11 Å². The zero-order valence-electron chi connectivity index (χ0n) is 14.0. The molecular formula is C18H19BrN2O5. The predicted molar refractivity (Wildman–Crippen MR) is 95.0 cm³/mol. The summed E-state index contributed by atoms with van der Waals surface area (Å²) in [5.74, 6) is -4.49. The van der Waals surface area contributed by atoms with E-state index in [0.717, 1.165) is 29.3 Å². The van der Waals surface area contributed by atoms with Crippen molar-refractivity contribution in [2.45, 2.75) is 37.8 Å². The minimum absolute atomic E-state index is 0.139. The van der Waals surface area contributed by atoms with Gasteiger partial charge in [-0.05, 0) is 37.0 Å². The van der Waals surface area contributed by atoms with Crippen LogP contribution in [0.3, 0.4) is 0 Å². The van der Waals surface area contributed by atoms with Gasteiger partial charge in [0.15, 0.2) is 11.7 Å². The maximum absolute atomic E-state index is 13.0. The van der Waals surface area contributed by atoms with Gasteiger partial charge in [-0.3, -0.25) is 19.2 Å². The molecule has 0 radical (unpaired) electrons. The largest absolute Gasteiger partial charge is 0.480 e. The number of carboxylic acids is 1. The van der Waals surface area contributed by atoms with Crippen LogP contribution in [0, 0.1) is 5.92 Å². The second kappa shape index (κ2) is 7.19. The molecule has 1 spiro atoms. The Morgan fingerprint density at radius 3 is 2.42 bits per heavy atom. The molecule has 1 saturated carbocycles. The highest BCUT2D eigenvalue weighted by atomic mass is 79.9. The molecule has 138 valence electrons. The van der Waals surface area contributed by atoms with Crippen LogP contribution in [0.15, 0.2) is 28.7 Å². The van der Waals surface area contributed by atoms with Gasteiger partial charge in [-0.25, -0.2) is 0 Å². The number of carbonyl (C=O) groups excluding carboxylic acids is 3. The number of nitrogens with zero attached hydrogens (tertiary/aromatic N) is 1. The molecule has 1 saturated heterocycles. The normalized spacial score (nSPS) is 21.4. The van der Waals surface area contributed by atoms with Crippen molar-refractivity contribution in [2.24, 2.45) is 5.92 Å². The number of likely N-dealkylation sites (tertiary alicyclic amines) is 1. The zero-order chi connectivity index (χ0) is 18.9. The van der Waals surface area contributed by atoms with Crippen molar-refractivity contribution in [2.75, 3.05) is 6.54 Å². The van der Waals surface area contributed by atoms with Crippen molar-refractivity contribution < 1.29 is 24.3 Å². The van der Waals surface area contributed by atoms with Crippen LogP contribution in [0.1, 0.15) is 31.2 Å². The van der Waals surface area contributed by atoms with E-state index in [-0.39, 0.29) is 6.42 Å². The summed E-state index contributed by atoms with van der Waals surface area (Å²) >= 11 is 3.37. The fraction of sp³-hybridized carbons (Fsp3) is 0.444. The van der Waals surface area contributed by atoms with Crippen molar-refractivity contribution in [1.29, 1.82) is 0 Å². The SMILES string of the molecule is O=C(O)CNC(=O)C1C(=O)CC2(CCC2)N(Cc2ccc(Br)cc2)C1=O. The molecule has 1 heterocycles. The molecule has 1 atom stereocenters. The number of amides is 2. The molecule has 2 N–H and O–H groups in total. The lowest BCUT2D eigenvalue weighted by Crippen LogP contribution is -2.65. The van der Waals surface area contributed by atoms with Crippen LogP contribution in [0.2, 0.25) is 0 Å². The highest BCUT2D eigenvalue weighted by molar-refractivity contribution is 9.10. The maximum Gasteiger partial charge on any atom is 0.322 e. The topological polar surface area (TPSA) is 104 Å². The number of Topliss-reactive ketones (excluding diaryl/α,β-unsaturated/α-hetero) is 1. The van der Waals surface area contributed by atoms with Crippen LogP contribution in [-0.2, 0) is 25.7 Å². The van der Waals surface area contributed by atoms with Gasteiger partial charge >= 0.3 is 5.97 Å². The van der Waals surface area contributed by atoms with E-state index >= 15 is 0 Å². The number of carbonyl (C=O) groups is 4. The van der Waals surface area contributed by atoms with Gasteiger partial charge in [-0.2, -0.15) is 0 Å². The molecule has 2 aliphatic rings. The number of benzene rings is 1. The van der Waals surface area contributed by atoms with Crippen molar-refractivity contribution in [3.63, 3.8) is 0 Å². The quantitative estimate of drug-likeness (QED) is 0.699. The Morgan fingerprint density at radius 2 is 1.88 bits per heavy atom. The van der Waals surface area contributed by atoms with E-state index in [1.54, 1.807) is 4.90 Å². The number of nitrogens with one attached hydrogen (secondary N) is 1. The summed E-state index contributed by atoms with van der Waals surface area (Å²) in [6.45, 7) is -0.296. The molecular weight excluding hydrogens is 404 g/mol. The molecule has 0 bridgehead atoms. The molecule has 3 rings (SSSR count). The van der Waals surface area contributed by atoms with Gasteiger partial charge in [0.1, 0.15) is 6.54 Å². The van der Waals surface area contributed by atoms with E-state index in [0.29, 0.717) is 6.54 Å². The number of aliphatic carboxylic acids is 1. The molecule has 0 aromatic heterocycles. The van der Waals surface area contributed by atoms with Gasteiger partial charge in [0.25, 0.3) is 0 Å². The van der Waals surface area contributed by atoms with Crippen LogP contribution >= 0.6 is 15.9 Å². The molecule has 1 aliphatic carbocycles. The number of carboxylic acid groups (broad SMARTS) is 1. The lowest BCUT2D eigenvalue weighted by molar-refractivity contribution is -0.164. The van der Waals surface area contributed by atoms with Gasteiger partial charge in [0.05, 0.1) is 5.54 Å². The van der Waals surface area contributed by atoms with E-state index in [2.05, 4.69) is 21.2 Å². The third kappa shape index (κ3) is 3.51. The molecule has 2 amide bonds. The number of halogens is 1. The zero-order valence-corrected chi connectivity index (χ0v) is 15.6. The Balaban J connectivity index is 1.83. The van der Waals surface area contributed by atoms with Gasteiger partial charge < -0.3 is 15.3 Å². The van der Waals surface area contributed by atoms with E-state index < -0.39 is 41.6 Å². The van der Waals surface area contributed by atoms with E-state index in [1.165, 1.54) is 0 Å². The van der Waals surface area contributed by atoms with Crippen LogP contribution in [0.4, 0.5) is 0 Å². The van der Waals surface area contributed by atoms with Crippen LogP contribution < -0.4 is 5.32 Å². The van der Waals surface area contributed by atoms with Crippen LogP contribution in [-0.4, -0.2) is 45.7 Å². The number of rotatable bonds is 5. The smallest absolute Gasteiger partial charge is 0.322 e. The Hall–Kier alpha value is -2.22. The first-order valence-corrected chi connectivity index (χ1v) is 9.20. The lowest BCUT2D eigenvalue weighted by Gasteiger charge is -2.53. The number of hydrogen-bond donors (Lipinski definition) is 2. The number of piperidine rings is 1. The minimum Gasteiger partial charge on any atom is -0.480 e. The summed E-state index contributed by atoms with van der Waals surface area (Å²) in [4.78, 5) is 50.0. The second-order valence-corrected chi connectivity index (χ2v) is 7.73. The van der Waals surface area contributed by atoms with Gasteiger partial charge in [-0.1, -0.05) is 28.1 Å². The molecule has 1 aromatic rings. The van der Waals surface area contributed by atoms with Gasteiger partial charge in [0, 0.05) is 17.4 Å². The Labute approximate surface area is 158 Å². The fourth-order valence-corrected chi connectivity index (χ4v) is 3.89. The summed E-state index contributed by atoms with van der Waals surface area (Å²) in [6.07, 6.45) is 2.56. The van der Waals surface area contributed by atoms with Gasteiger partial charge in [0.2, 0.25) is 11.8 Å². The highest BCUT2D eigenvalue weighted by Gasteiger charge is 2.55. The average Bonchev–Trinajstić information content (AvgIpc) is 2.55. The standard InChI is InChI=1S/C18H19BrN2O5/c19-12-4-2-11(3-5-12)10-21-17(26)15(16(25)20-9-14(23)24)13(22)8-18(21)6-1-7-18/h2-5,15H,1,6-10H2,(H,20,25)(H,23,24). The van der Waals surface area contributed by atoms with Crippen molar-refractivity contribution in [3.8, 4) is 0 Å². The highest BCUT2D eigenvalue weighted by Crippen LogP contribution is 2.45. The monoisotopic (exact) mass is 422 g/mol. The molecule has 26 heavy (non-hydrogen) atoms. The first-order chi connectivity index (χ1) is 12.3. The first kappa shape index (κ1) is 18.6. The second-order valence-electron chi connectivity index (χ2n) is 6.82. The number of hydrogen-bond acceptors (Lipinski definition) is 4. The van der Waals surface area contributed by atoms with Crippen LogP contribution in [0.5, 0.6) is 0 Å². The summed E-state index contributed by atoms with van der Waals surface area (Å²) < 4.78 is 0.922. The minimum atomic E-state index is -1.46. The third-order valence-electron chi connectivity index (χ3n) is 5.13. The summed E-state index contributed by atoms with van der Waals surface area (Å²) in [5.41, 5.74) is 0.400. The summed E-state index contributed by atoms with van der Waals surface area (Å²) in [5, 5.41) is 10.8. The molecule has 1 aromatic carbocycles. The lowest BCUT2D eigenvalue weighted by atomic mass is 9.67. The van der Waals surface area contributed by atoms with E-state index in [9.17, 15) is 19.2 Å². The average molecular weight is 423 g/mol. The third-order valence-corrected chi connectivity index (χ3v) is 5.65. The Morgan fingerprint density at radius 1 is 1.23 bits per heavy atom. The molecule has 1 aliphatic heterocycles. The van der Waals surface area contributed by atoms with Crippen molar-refractivity contribution in [3.05, 3.63) is 34.3 Å². The molecule has 2 fully saturated rings. The molecule has 8 heteroatoms. The maximum atomic E-state index is 13.0. The predicted octanol–water partition coefficient (Wildman–Crippen LogP) is 1.49. The van der Waals surface area contributed by atoms with Crippen LogP contribution in [0.25, 0.3) is 0 Å². The first-order valence-electron chi connectivity index (χ1n) is 8.40. The summed E-state index contributed by atoms with van der Waals surface area (Å²) in [7, 11) is 0.